The fourth-order valence-electron chi connectivity index (χ4n) is 0.581. The highest BCUT2D eigenvalue weighted by molar-refractivity contribution is 14.1. The zero-order valence-corrected chi connectivity index (χ0v) is 8.83. The van der Waals surface area contributed by atoms with Crippen LogP contribution in [0, 0.1) is 10.5 Å². The number of pyridine rings is 1. The summed E-state index contributed by atoms with van der Waals surface area (Å²) >= 11 is 13.5. The highest BCUT2D eigenvalue weighted by Gasteiger charge is 2.03. The van der Waals surface area contributed by atoms with Crippen LogP contribution in [0.2, 0.25) is 10.2 Å². The molecule has 0 unspecified atom stereocenters. The lowest BCUT2D eigenvalue weighted by atomic mass is 10.4. The van der Waals surface area contributed by atoms with Crippen molar-refractivity contribution in [3.63, 3.8) is 0 Å². The Morgan fingerprint density at radius 1 is 1.50 bits per heavy atom. The van der Waals surface area contributed by atoms with E-state index in [2.05, 4.69) is 27.6 Å². The van der Waals surface area contributed by atoms with Gasteiger partial charge in [-0.1, -0.05) is 23.2 Å². The summed E-state index contributed by atoms with van der Waals surface area (Å²) in [4.78, 5) is 3.96. The number of hydrogen-bond acceptors (Lipinski definition) is 1. The van der Waals surface area contributed by atoms with Crippen LogP contribution in [0.3, 0.4) is 0 Å². The molecule has 0 atom stereocenters. The van der Waals surface area contributed by atoms with E-state index in [-0.39, 0.29) is 0 Å². The SMILES string of the molecule is Cc1cc(I)c(Cl)c(Cl)n1. The molecule has 0 bridgehead atoms. The maximum absolute atomic E-state index is 5.75. The van der Waals surface area contributed by atoms with Gasteiger partial charge in [-0.3, -0.25) is 0 Å². The van der Waals surface area contributed by atoms with E-state index in [4.69, 9.17) is 23.2 Å². The van der Waals surface area contributed by atoms with Crippen LogP contribution in [0.4, 0.5) is 0 Å². The Morgan fingerprint density at radius 2 is 2.10 bits per heavy atom. The van der Waals surface area contributed by atoms with Crippen molar-refractivity contribution in [3.05, 3.63) is 25.5 Å². The Hall–Kier alpha value is 0.460. The molecule has 0 aliphatic carbocycles. The second-order valence-corrected chi connectivity index (χ2v) is 3.75. The number of nitrogens with zero attached hydrogens (tertiary/aromatic N) is 1. The van der Waals surface area contributed by atoms with Crippen LogP contribution in [-0.2, 0) is 0 Å². The van der Waals surface area contributed by atoms with E-state index in [9.17, 15) is 0 Å². The van der Waals surface area contributed by atoms with Crippen molar-refractivity contribution in [2.45, 2.75) is 6.92 Å². The largest absolute Gasteiger partial charge is 0.240 e. The summed E-state index contributed by atoms with van der Waals surface area (Å²) in [6.45, 7) is 1.88. The van der Waals surface area contributed by atoms with Crippen molar-refractivity contribution in [1.82, 2.24) is 4.98 Å². The zero-order valence-electron chi connectivity index (χ0n) is 5.16. The lowest BCUT2D eigenvalue weighted by Gasteiger charge is -1.98. The number of hydrogen-bond donors (Lipinski definition) is 0. The zero-order chi connectivity index (χ0) is 7.72. The van der Waals surface area contributed by atoms with Crippen molar-refractivity contribution < 1.29 is 0 Å². The predicted molar refractivity (Wildman–Crippen MR) is 51.7 cm³/mol. The molecule has 0 saturated carbocycles. The maximum atomic E-state index is 5.75. The van der Waals surface area contributed by atoms with Gasteiger partial charge in [0.05, 0.1) is 5.02 Å². The lowest BCUT2D eigenvalue weighted by molar-refractivity contribution is 1.19. The minimum Gasteiger partial charge on any atom is -0.240 e. The van der Waals surface area contributed by atoms with E-state index >= 15 is 0 Å². The smallest absolute Gasteiger partial charge is 0.148 e. The molecule has 54 valence electrons. The molecule has 0 amide bonds. The molecular formula is C6H4Cl2IN. The maximum Gasteiger partial charge on any atom is 0.148 e. The van der Waals surface area contributed by atoms with Crippen molar-refractivity contribution in [3.8, 4) is 0 Å². The Kier molecular flexibility index (Phi) is 2.77. The molecule has 0 fully saturated rings. The molecule has 0 radical (unpaired) electrons. The Bertz CT molecular complexity index is 239. The van der Waals surface area contributed by atoms with E-state index in [1.165, 1.54) is 0 Å². The summed E-state index contributed by atoms with van der Waals surface area (Å²) in [7, 11) is 0. The van der Waals surface area contributed by atoms with E-state index < -0.39 is 0 Å². The molecule has 0 spiro atoms. The summed E-state index contributed by atoms with van der Waals surface area (Å²) in [5, 5.41) is 0.916. The summed E-state index contributed by atoms with van der Waals surface area (Å²) < 4.78 is 0.941. The van der Waals surface area contributed by atoms with Gasteiger partial charge in [0.25, 0.3) is 0 Å². The van der Waals surface area contributed by atoms with Crippen molar-refractivity contribution >= 4 is 45.8 Å². The third-order valence-electron chi connectivity index (χ3n) is 1.00. The minimum atomic E-state index is 0.381. The Labute approximate surface area is 82.9 Å². The van der Waals surface area contributed by atoms with Crippen molar-refractivity contribution in [2.24, 2.45) is 0 Å². The normalized spacial score (nSPS) is 10.0. The van der Waals surface area contributed by atoms with Gasteiger partial charge in [0.2, 0.25) is 0 Å². The first-order valence-electron chi connectivity index (χ1n) is 2.59. The summed E-state index contributed by atoms with van der Waals surface area (Å²) in [5.74, 6) is 0. The van der Waals surface area contributed by atoms with E-state index in [0.29, 0.717) is 10.2 Å². The molecule has 0 aliphatic rings. The van der Waals surface area contributed by atoms with Gasteiger partial charge in [0.15, 0.2) is 0 Å². The topological polar surface area (TPSA) is 12.9 Å². The first-order chi connectivity index (χ1) is 4.61. The second-order valence-electron chi connectivity index (χ2n) is 1.85. The molecule has 1 heterocycles. The van der Waals surface area contributed by atoms with Crippen LogP contribution in [0.15, 0.2) is 6.07 Å². The molecule has 0 aromatic carbocycles. The minimum absolute atomic E-state index is 0.381. The Balaban J connectivity index is 3.31. The first-order valence-corrected chi connectivity index (χ1v) is 4.43. The van der Waals surface area contributed by atoms with Gasteiger partial charge >= 0.3 is 0 Å². The average Bonchev–Trinajstić information content (AvgIpc) is 1.82. The van der Waals surface area contributed by atoms with E-state index in [1.807, 2.05) is 13.0 Å². The quantitative estimate of drug-likeness (QED) is 0.527. The molecule has 1 nitrogen and oxygen atoms in total. The Morgan fingerprint density at radius 3 is 2.60 bits per heavy atom. The molecule has 0 N–H and O–H groups in total. The van der Waals surface area contributed by atoms with E-state index in [0.717, 1.165) is 9.26 Å². The van der Waals surface area contributed by atoms with E-state index in [1.54, 1.807) is 0 Å². The van der Waals surface area contributed by atoms with Crippen LogP contribution in [0.25, 0.3) is 0 Å². The van der Waals surface area contributed by atoms with Crippen molar-refractivity contribution in [1.29, 1.82) is 0 Å². The number of aromatic nitrogens is 1. The summed E-state index contributed by atoms with van der Waals surface area (Å²) in [5.41, 5.74) is 0.888. The standard InChI is InChI=1S/C6H4Cl2IN/c1-3-2-4(9)5(7)6(8)10-3/h2H,1H3. The molecule has 10 heavy (non-hydrogen) atoms. The molecule has 4 heteroatoms. The first kappa shape index (κ1) is 8.56. The molecular weight excluding hydrogens is 284 g/mol. The summed E-state index contributed by atoms with van der Waals surface area (Å²) in [6.07, 6.45) is 0. The van der Waals surface area contributed by atoms with Gasteiger partial charge in [-0.2, -0.15) is 0 Å². The van der Waals surface area contributed by atoms with Crippen LogP contribution in [0.1, 0.15) is 5.69 Å². The lowest BCUT2D eigenvalue weighted by Crippen LogP contribution is -1.85. The molecule has 0 saturated heterocycles. The fourth-order valence-corrected chi connectivity index (χ4v) is 1.78. The van der Waals surface area contributed by atoms with Crippen LogP contribution >= 0.6 is 45.8 Å². The van der Waals surface area contributed by atoms with Gasteiger partial charge in [0.1, 0.15) is 5.15 Å². The van der Waals surface area contributed by atoms with Crippen molar-refractivity contribution in [2.75, 3.05) is 0 Å². The highest BCUT2D eigenvalue weighted by Crippen LogP contribution is 2.25. The molecule has 1 aromatic heterocycles. The van der Waals surface area contributed by atoms with Gasteiger partial charge in [0, 0.05) is 9.26 Å². The summed E-state index contributed by atoms with van der Waals surface area (Å²) in [6, 6.07) is 1.88. The third-order valence-corrected chi connectivity index (χ3v) is 2.92. The van der Waals surface area contributed by atoms with Gasteiger partial charge < -0.3 is 0 Å². The second kappa shape index (κ2) is 3.24. The third kappa shape index (κ3) is 1.74. The number of halogens is 3. The highest BCUT2D eigenvalue weighted by atomic mass is 127. The predicted octanol–water partition coefficient (Wildman–Crippen LogP) is 3.30. The van der Waals surface area contributed by atoms with Crippen LogP contribution in [0.5, 0.6) is 0 Å². The average molecular weight is 288 g/mol. The van der Waals surface area contributed by atoms with Gasteiger partial charge in [-0.25, -0.2) is 4.98 Å². The number of aryl methyl sites for hydroxylation is 1. The van der Waals surface area contributed by atoms with Gasteiger partial charge in [-0.15, -0.1) is 0 Å². The van der Waals surface area contributed by atoms with Crippen LogP contribution < -0.4 is 0 Å². The molecule has 0 aliphatic heterocycles. The molecule has 1 aromatic rings. The monoisotopic (exact) mass is 287 g/mol. The molecule has 1 rings (SSSR count). The van der Waals surface area contributed by atoms with Gasteiger partial charge in [-0.05, 0) is 35.6 Å². The number of rotatable bonds is 0. The van der Waals surface area contributed by atoms with Crippen LogP contribution in [-0.4, -0.2) is 4.98 Å². The fraction of sp³-hybridized carbons (Fsp3) is 0.167.